The van der Waals surface area contributed by atoms with Crippen molar-refractivity contribution in [1.82, 2.24) is 19.9 Å². The van der Waals surface area contributed by atoms with Gasteiger partial charge in [-0.05, 0) is 26.0 Å². The summed E-state index contributed by atoms with van der Waals surface area (Å²) in [4.78, 5) is 9.16. The zero-order chi connectivity index (χ0) is 16.1. The van der Waals surface area contributed by atoms with Crippen LogP contribution < -0.4 is 4.74 Å². The third-order valence-corrected chi connectivity index (χ3v) is 4.27. The Labute approximate surface area is 137 Å². The van der Waals surface area contributed by atoms with Gasteiger partial charge in [0.15, 0.2) is 5.82 Å². The van der Waals surface area contributed by atoms with E-state index in [0.717, 1.165) is 45.1 Å². The highest BCUT2D eigenvalue weighted by Crippen LogP contribution is 2.19. The molecule has 0 amide bonds. The zero-order valence-corrected chi connectivity index (χ0v) is 13.8. The maximum absolute atomic E-state index is 5.77. The molecule has 0 saturated carbocycles. The highest BCUT2D eigenvalue weighted by atomic mass is 16.5. The Morgan fingerprint density at radius 1 is 1.17 bits per heavy atom. The molecule has 2 heterocycles. The first kappa shape index (κ1) is 16.0. The maximum atomic E-state index is 5.77. The summed E-state index contributed by atoms with van der Waals surface area (Å²) in [5.41, 5.74) is 0. The first-order valence-corrected chi connectivity index (χ1v) is 8.17. The van der Waals surface area contributed by atoms with Crippen LogP contribution >= 0.6 is 0 Å². The summed E-state index contributed by atoms with van der Waals surface area (Å²) in [5.74, 6) is 2.35. The molecule has 6 nitrogen and oxygen atoms in total. The highest BCUT2D eigenvalue weighted by Gasteiger charge is 2.25. The van der Waals surface area contributed by atoms with E-state index in [1.165, 1.54) is 0 Å². The molecule has 1 aromatic heterocycles. The van der Waals surface area contributed by atoms with Gasteiger partial charge in [0.05, 0.1) is 6.04 Å². The molecule has 0 N–H and O–H groups in total. The quantitative estimate of drug-likeness (QED) is 0.814. The molecule has 0 aliphatic carbocycles. The monoisotopic (exact) mass is 316 g/mol. The molecule has 6 heteroatoms. The lowest BCUT2D eigenvalue weighted by Crippen LogP contribution is -2.48. The molecule has 1 aliphatic rings. The van der Waals surface area contributed by atoms with Gasteiger partial charge in [0.2, 0.25) is 5.89 Å². The Bertz CT molecular complexity index is 594. The van der Waals surface area contributed by atoms with E-state index in [0.29, 0.717) is 11.7 Å². The molecule has 23 heavy (non-hydrogen) atoms. The number of hydrogen-bond acceptors (Lipinski definition) is 6. The predicted molar refractivity (Wildman–Crippen MR) is 87.4 cm³/mol. The Hall–Kier alpha value is -1.92. The summed E-state index contributed by atoms with van der Waals surface area (Å²) < 4.78 is 11.1. The number of aromatic nitrogens is 2. The van der Waals surface area contributed by atoms with Crippen LogP contribution in [-0.2, 0) is 0 Å². The van der Waals surface area contributed by atoms with Crippen LogP contribution in [-0.4, -0.2) is 59.3 Å². The molecule has 0 unspecified atom stereocenters. The van der Waals surface area contributed by atoms with Crippen LogP contribution in [0, 0.1) is 6.92 Å². The van der Waals surface area contributed by atoms with Crippen molar-refractivity contribution in [2.24, 2.45) is 0 Å². The summed E-state index contributed by atoms with van der Waals surface area (Å²) >= 11 is 0. The molecule has 124 valence electrons. The Morgan fingerprint density at radius 2 is 1.91 bits per heavy atom. The van der Waals surface area contributed by atoms with Gasteiger partial charge in [-0.2, -0.15) is 4.98 Å². The van der Waals surface area contributed by atoms with Crippen LogP contribution in [0.2, 0.25) is 0 Å². The van der Waals surface area contributed by atoms with Crippen molar-refractivity contribution in [2.75, 3.05) is 39.3 Å². The van der Waals surface area contributed by atoms with Gasteiger partial charge >= 0.3 is 0 Å². The van der Waals surface area contributed by atoms with Gasteiger partial charge in [0.1, 0.15) is 12.4 Å². The van der Waals surface area contributed by atoms with E-state index in [-0.39, 0.29) is 6.04 Å². The van der Waals surface area contributed by atoms with Crippen molar-refractivity contribution in [2.45, 2.75) is 19.9 Å². The predicted octanol–water partition coefficient (Wildman–Crippen LogP) is 2.14. The minimum atomic E-state index is 0.180. The third-order valence-electron chi connectivity index (χ3n) is 4.27. The van der Waals surface area contributed by atoms with Crippen LogP contribution in [0.5, 0.6) is 5.75 Å². The number of rotatable bonds is 6. The van der Waals surface area contributed by atoms with Crippen molar-refractivity contribution in [3.63, 3.8) is 0 Å². The van der Waals surface area contributed by atoms with E-state index in [2.05, 4.69) is 26.9 Å². The van der Waals surface area contributed by atoms with Crippen molar-refractivity contribution >= 4 is 0 Å². The van der Waals surface area contributed by atoms with Crippen molar-refractivity contribution in [1.29, 1.82) is 0 Å². The zero-order valence-electron chi connectivity index (χ0n) is 13.8. The standard InChI is InChI=1S/C17H24N4O2/c1-14(17-18-15(2)19-23-17)21-10-8-20(9-11-21)12-13-22-16-6-4-3-5-7-16/h3-7,14H,8-13H2,1-2H3/t14-/m1/s1. The average molecular weight is 316 g/mol. The number of aryl methyl sites for hydroxylation is 1. The summed E-state index contributed by atoms with van der Waals surface area (Å²) in [7, 11) is 0. The smallest absolute Gasteiger partial charge is 0.243 e. The minimum Gasteiger partial charge on any atom is -0.492 e. The molecule has 3 rings (SSSR count). The number of benzene rings is 1. The lowest BCUT2D eigenvalue weighted by Gasteiger charge is -2.36. The first-order valence-electron chi connectivity index (χ1n) is 8.17. The van der Waals surface area contributed by atoms with Gasteiger partial charge < -0.3 is 9.26 Å². The van der Waals surface area contributed by atoms with Gasteiger partial charge in [-0.3, -0.25) is 9.80 Å². The Morgan fingerprint density at radius 3 is 2.57 bits per heavy atom. The molecule has 0 radical (unpaired) electrons. The molecular formula is C17H24N4O2. The van der Waals surface area contributed by atoms with Gasteiger partial charge in [-0.15, -0.1) is 0 Å². The molecule has 1 aliphatic heterocycles. The molecule has 1 atom stereocenters. The van der Waals surface area contributed by atoms with Gasteiger partial charge in [-0.1, -0.05) is 23.4 Å². The molecule has 1 saturated heterocycles. The van der Waals surface area contributed by atoms with E-state index in [4.69, 9.17) is 9.26 Å². The van der Waals surface area contributed by atoms with E-state index >= 15 is 0 Å². The van der Waals surface area contributed by atoms with Crippen LogP contribution in [0.15, 0.2) is 34.9 Å². The number of ether oxygens (including phenoxy) is 1. The topological polar surface area (TPSA) is 54.6 Å². The Kier molecular flexibility index (Phi) is 5.25. The molecule has 2 aromatic rings. The molecular weight excluding hydrogens is 292 g/mol. The fourth-order valence-electron chi connectivity index (χ4n) is 2.82. The van der Waals surface area contributed by atoms with Crippen molar-refractivity contribution in [3.8, 4) is 5.75 Å². The molecule has 1 fully saturated rings. The fourth-order valence-corrected chi connectivity index (χ4v) is 2.82. The van der Waals surface area contributed by atoms with E-state index in [1.54, 1.807) is 0 Å². The van der Waals surface area contributed by atoms with Crippen LogP contribution in [0.4, 0.5) is 0 Å². The number of piperazine rings is 1. The molecule has 0 bridgehead atoms. The SMILES string of the molecule is Cc1noc([C@@H](C)N2CCN(CCOc3ccccc3)CC2)n1. The Balaban J connectivity index is 1.40. The van der Waals surface area contributed by atoms with Gasteiger partial charge in [0, 0.05) is 32.7 Å². The second kappa shape index (κ2) is 7.57. The lowest BCUT2D eigenvalue weighted by molar-refractivity contribution is 0.0800. The van der Waals surface area contributed by atoms with E-state index in [9.17, 15) is 0 Å². The number of nitrogens with zero attached hydrogens (tertiary/aromatic N) is 4. The van der Waals surface area contributed by atoms with Crippen molar-refractivity contribution in [3.05, 3.63) is 42.0 Å². The lowest BCUT2D eigenvalue weighted by atomic mass is 10.2. The second-order valence-electron chi connectivity index (χ2n) is 5.89. The summed E-state index contributed by atoms with van der Waals surface area (Å²) in [5, 5.41) is 3.88. The molecule has 0 spiro atoms. The minimum absolute atomic E-state index is 0.180. The molecule has 1 aromatic carbocycles. The first-order chi connectivity index (χ1) is 11.2. The largest absolute Gasteiger partial charge is 0.492 e. The van der Waals surface area contributed by atoms with E-state index < -0.39 is 0 Å². The average Bonchev–Trinajstić information content (AvgIpc) is 3.02. The normalized spacial score (nSPS) is 18.0. The highest BCUT2D eigenvalue weighted by molar-refractivity contribution is 5.20. The van der Waals surface area contributed by atoms with Gasteiger partial charge in [-0.25, -0.2) is 0 Å². The third kappa shape index (κ3) is 4.30. The summed E-state index contributed by atoms with van der Waals surface area (Å²) in [6.45, 7) is 9.75. The summed E-state index contributed by atoms with van der Waals surface area (Å²) in [6, 6.07) is 10.2. The fraction of sp³-hybridized carbons (Fsp3) is 0.529. The summed E-state index contributed by atoms with van der Waals surface area (Å²) in [6.07, 6.45) is 0. The van der Waals surface area contributed by atoms with Gasteiger partial charge in [0.25, 0.3) is 0 Å². The number of hydrogen-bond donors (Lipinski definition) is 0. The van der Waals surface area contributed by atoms with E-state index in [1.807, 2.05) is 37.3 Å². The van der Waals surface area contributed by atoms with Crippen LogP contribution in [0.25, 0.3) is 0 Å². The maximum Gasteiger partial charge on any atom is 0.243 e. The second-order valence-corrected chi connectivity index (χ2v) is 5.89. The van der Waals surface area contributed by atoms with Crippen LogP contribution in [0.3, 0.4) is 0 Å². The van der Waals surface area contributed by atoms with Crippen molar-refractivity contribution < 1.29 is 9.26 Å². The van der Waals surface area contributed by atoms with Crippen LogP contribution in [0.1, 0.15) is 24.7 Å². The number of para-hydroxylation sites is 1.